The molecule has 39 heavy (non-hydrogen) atoms. The minimum Gasteiger partial charge on any atom is -0.478 e. The van der Waals surface area contributed by atoms with Crippen LogP contribution >= 0.6 is 7.36 Å². The molecule has 7 nitrogen and oxygen atoms in total. The first-order chi connectivity index (χ1) is 18.8. The number of carbonyl (C=O) groups is 1. The van der Waals surface area contributed by atoms with Crippen molar-refractivity contribution in [3.8, 4) is 0 Å². The fourth-order valence-corrected chi connectivity index (χ4v) is 10.2. The predicted octanol–water partition coefficient (Wildman–Crippen LogP) is 7.68. The van der Waals surface area contributed by atoms with E-state index in [0.29, 0.717) is 5.69 Å². The van der Waals surface area contributed by atoms with Gasteiger partial charge in [0.1, 0.15) is 0 Å². The summed E-state index contributed by atoms with van der Waals surface area (Å²) in [5, 5.41) is 16.0. The zero-order valence-electron chi connectivity index (χ0n) is 22.7. The Morgan fingerprint density at radius 2 is 1.67 bits per heavy atom. The molecule has 3 aliphatic heterocycles. The van der Waals surface area contributed by atoms with E-state index in [1.54, 1.807) is 18.2 Å². The van der Waals surface area contributed by atoms with Crippen molar-refractivity contribution in [2.45, 2.75) is 38.5 Å². The van der Waals surface area contributed by atoms with E-state index in [9.17, 15) is 9.90 Å². The second-order valence-electron chi connectivity index (χ2n) is 10.8. The molecule has 8 heteroatoms. The number of likely N-dealkylation sites (N-methyl/N-ethyl adjacent to an activating group) is 1. The Kier molecular flexibility index (Phi) is 6.44. The monoisotopic (exact) mass is 539 g/mol. The summed E-state index contributed by atoms with van der Waals surface area (Å²) < 4.78 is 10.3. The van der Waals surface area contributed by atoms with Crippen molar-refractivity contribution in [1.29, 1.82) is 0 Å². The normalized spacial score (nSPS) is 24.2. The van der Waals surface area contributed by atoms with E-state index in [-0.39, 0.29) is 11.0 Å². The quantitative estimate of drug-likeness (QED) is 0.344. The zero-order chi connectivity index (χ0) is 27.2. The standard InChI is InChI=1S/C31H34N5O2P/c1-31(2)26-17-8-9-18-27(26)34(3)29(31)28-22-32-36(25-15-6-4-7-16-25)39(28,35-19-10-5-11-20-35)33-24-14-12-13-23(21-24)30(37)38/h4,6-9,12-18,21-22H,5,10-11,19-20H2,1-3H3,(H,37,38)/b29-28+. The first kappa shape index (κ1) is 25.6. The molecule has 1 N–H and O–H groups in total. The van der Waals surface area contributed by atoms with Gasteiger partial charge in [0.25, 0.3) is 0 Å². The number of aromatic carboxylic acids is 1. The lowest BCUT2D eigenvalue weighted by Gasteiger charge is -2.43. The van der Waals surface area contributed by atoms with Crippen LogP contribution in [-0.2, 0) is 5.41 Å². The van der Waals surface area contributed by atoms with Gasteiger partial charge in [0.2, 0.25) is 0 Å². The third-order valence-corrected chi connectivity index (χ3v) is 11.6. The Morgan fingerprint density at radius 3 is 2.38 bits per heavy atom. The van der Waals surface area contributed by atoms with Crippen LogP contribution in [0.2, 0.25) is 0 Å². The summed E-state index contributed by atoms with van der Waals surface area (Å²) in [6, 6.07) is 25.9. The number of rotatable bonds is 4. The van der Waals surface area contributed by atoms with Crippen molar-refractivity contribution in [2.75, 3.05) is 29.8 Å². The van der Waals surface area contributed by atoms with Gasteiger partial charge in [-0.25, -0.2) is 19.0 Å². The molecule has 0 radical (unpaired) electrons. The van der Waals surface area contributed by atoms with Crippen LogP contribution in [0.4, 0.5) is 17.1 Å². The molecule has 1 atom stereocenters. The number of piperidine rings is 1. The van der Waals surface area contributed by atoms with E-state index < -0.39 is 13.3 Å². The van der Waals surface area contributed by atoms with Gasteiger partial charge in [0, 0.05) is 36.9 Å². The first-order valence-corrected chi connectivity index (χ1v) is 15.2. The Bertz CT molecular complexity index is 1540. The molecule has 0 spiro atoms. The number of para-hydroxylation sites is 2. The van der Waals surface area contributed by atoms with Gasteiger partial charge in [-0.3, -0.25) is 0 Å². The number of benzene rings is 3. The van der Waals surface area contributed by atoms with Crippen LogP contribution in [0.15, 0.2) is 99.7 Å². The Morgan fingerprint density at radius 1 is 0.949 bits per heavy atom. The van der Waals surface area contributed by atoms with E-state index in [0.717, 1.165) is 36.9 Å². The molecule has 3 aromatic carbocycles. The summed E-state index contributed by atoms with van der Waals surface area (Å²) in [5.74, 6) is -0.953. The molecule has 1 fully saturated rings. The van der Waals surface area contributed by atoms with Gasteiger partial charge in [-0.15, -0.1) is 0 Å². The van der Waals surface area contributed by atoms with E-state index >= 15 is 0 Å². The SMILES string of the molecule is CN1/C(=C2\C=NN(c3ccccc3)P2(=Nc2cccc(C(=O)O)c2)N2CCCCC2)C(C)(C)c2ccccc21. The maximum atomic E-state index is 11.9. The summed E-state index contributed by atoms with van der Waals surface area (Å²) in [6.07, 6.45) is 5.41. The molecule has 3 heterocycles. The van der Waals surface area contributed by atoms with Gasteiger partial charge in [-0.2, -0.15) is 5.10 Å². The number of anilines is 2. The minimum absolute atomic E-state index is 0.236. The van der Waals surface area contributed by atoms with Crippen molar-refractivity contribution in [3.63, 3.8) is 0 Å². The van der Waals surface area contributed by atoms with Crippen LogP contribution in [0, 0.1) is 0 Å². The van der Waals surface area contributed by atoms with E-state index in [4.69, 9.17) is 9.85 Å². The highest BCUT2D eigenvalue weighted by atomic mass is 31.2. The van der Waals surface area contributed by atoms with Gasteiger partial charge in [0.15, 0.2) is 7.36 Å². The molecule has 6 rings (SSSR count). The second kappa shape index (κ2) is 9.82. The Hall–Kier alpha value is -3.67. The molecule has 1 unspecified atom stereocenters. The van der Waals surface area contributed by atoms with Crippen molar-refractivity contribution in [2.24, 2.45) is 9.85 Å². The molecule has 200 valence electrons. The fourth-order valence-electron chi connectivity index (χ4n) is 6.26. The lowest BCUT2D eigenvalue weighted by Crippen LogP contribution is -2.34. The molecule has 0 aromatic heterocycles. The van der Waals surface area contributed by atoms with Crippen molar-refractivity contribution < 1.29 is 9.90 Å². The third kappa shape index (κ3) is 4.12. The molecule has 0 bridgehead atoms. The van der Waals surface area contributed by atoms with Gasteiger partial charge >= 0.3 is 5.97 Å². The number of fused-ring (bicyclic) bond motifs is 1. The molecular weight excluding hydrogens is 505 g/mol. The Balaban J connectivity index is 1.69. The summed E-state index contributed by atoms with van der Waals surface area (Å²) >= 11 is 0. The lowest BCUT2D eigenvalue weighted by molar-refractivity contribution is 0.0697. The predicted molar refractivity (Wildman–Crippen MR) is 160 cm³/mol. The lowest BCUT2D eigenvalue weighted by atomic mass is 9.84. The zero-order valence-corrected chi connectivity index (χ0v) is 23.6. The number of hydrazone groups is 1. The number of carboxylic acid groups (broad SMARTS) is 1. The van der Waals surface area contributed by atoms with E-state index in [1.165, 1.54) is 23.4 Å². The maximum absolute atomic E-state index is 11.9. The molecule has 0 aliphatic carbocycles. The Labute approximate surface area is 230 Å². The van der Waals surface area contributed by atoms with Crippen molar-refractivity contribution >= 4 is 36.6 Å². The first-order valence-electron chi connectivity index (χ1n) is 13.5. The van der Waals surface area contributed by atoms with Crippen LogP contribution in [0.25, 0.3) is 0 Å². The highest BCUT2D eigenvalue weighted by Gasteiger charge is 2.49. The molecule has 3 aliphatic rings. The number of hydrogen-bond acceptors (Lipinski definition) is 4. The average Bonchev–Trinajstić information content (AvgIpc) is 3.41. The van der Waals surface area contributed by atoms with Gasteiger partial charge < -0.3 is 10.0 Å². The van der Waals surface area contributed by atoms with Crippen LogP contribution in [0.3, 0.4) is 0 Å². The van der Waals surface area contributed by atoms with Crippen LogP contribution in [0.5, 0.6) is 0 Å². The van der Waals surface area contributed by atoms with Gasteiger partial charge in [-0.1, -0.05) is 62.7 Å². The number of nitrogens with zero attached hydrogens (tertiary/aromatic N) is 5. The smallest absolute Gasteiger partial charge is 0.335 e. The average molecular weight is 540 g/mol. The molecule has 1 saturated heterocycles. The highest BCUT2D eigenvalue weighted by molar-refractivity contribution is 7.71. The van der Waals surface area contributed by atoms with Crippen molar-refractivity contribution in [3.05, 3.63) is 101 Å². The van der Waals surface area contributed by atoms with Crippen molar-refractivity contribution in [1.82, 2.24) is 4.67 Å². The minimum atomic E-state index is -2.72. The number of allylic oxidation sites excluding steroid dienone is 2. The topological polar surface area (TPSA) is 71.7 Å². The molecule has 0 amide bonds. The summed E-state index contributed by atoms with van der Waals surface area (Å²) in [4.78, 5) is 14.2. The van der Waals surface area contributed by atoms with Crippen LogP contribution in [-0.4, -0.2) is 42.1 Å². The summed E-state index contributed by atoms with van der Waals surface area (Å²) in [6.45, 7) is 6.40. The van der Waals surface area contributed by atoms with E-state index in [2.05, 4.69) is 71.6 Å². The highest BCUT2D eigenvalue weighted by Crippen LogP contribution is 2.71. The van der Waals surface area contributed by atoms with Gasteiger partial charge in [0.05, 0.1) is 28.5 Å². The molecule has 3 aromatic rings. The van der Waals surface area contributed by atoms with Crippen LogP contribution < -0.4 is 9.68 Å². The number of hydrogen-bond donors (Lipinski definition) is 1. The maximum Gasteiger partial charge on any atom is 0.335 e. The molecule has 0 saturated carbocycles. The van der Waals surface area contributed by atoms with Gasteiger partial charge in [-0.05, 0) is 54.8 Å². The number of carboxylic acids is 1. The van der Waals surface area contributed by atoms with E-state index in [1.807, 2.05) is 30.5 Å². The van der Waals surface area contributed by atoms with Crippen LogP contribution in [0.1, 0.15) is 49.0 Å². The fraction of sp³-hybridized carbons (Fsp3) is 0.290. The third-order valence-electron chi connectivity index (χ3n) is 8.05. The second-order valence-corrected chi connectivity index (χ2v) is 13.6. The summed E-state index contributed by atoms with van der Waals surface area (Å²) in [5.41, 5.74) is 5.29. The molecular formula is C31H34N5O2P. The summed E-state index contributed by atoms with van der Waals surface area (Å²) in [7, 11) is -0.573. The largest absolute Gasteiger partial charge is 0.478 e.